The first-order valence-corrected chi connectivity index (χ1v) is 5.12. The minimum absolute atomic E-state index is 0.327. The molecule has 3 aromatic rings. The minimum Gasteiger partial charge on any atom is -0.334 e. The SMILES string of the molecule is Cc1noc(-c2ccc3nnc(CN)n3c2)n1. The number of aryl methyl sites for hydroxylation is 1. The van der Waals surface area contributed by atoms with Gasteiger partial charge < -0.3 is 10.3 Å². The van der Waals surface area contributed by atoms with Gasteiger partial charge >= 0.3 is 0 Å². The van der Waals surface area contributed by atoms with E-state index in [1.807, 2.05) is 22.7 Å². The lowest BCUT2D eigenvalue weighted by atomic mass is 10.3. The molecule has 2 N–H and O–H groups in total. The first-order chi connectivity index (χ1) is 8.28. The van der Waals surface area contributed by atoms with Crippen LogP contribution in [0.5, 0.6) is 0 Å². The van der Waals surface area contributed by atoms with Gasteiger partial charge in [-0.25, -0.2) is 0 Å². The van der Waals surface area contributed by atoms with E-state index in [4.69, 9.17) is 10.3 Å². The van der Waals surface area contributed by atoms with Gasteiger partial charge in [-0.2, -0.15) is 4.98 Å². The highest BCUT2D eigenvalue weighted by molar-refractivity contribution is 5.55. The Labute approximate surface area is 96.3 Å². The topological polar surface area (TPSA) is 95.1 Å². The van der Waals surface area contributed by atoms with Crippen LogP contribution in [0.4, 0.5) is 0 Å². The van der Waals surface area contributed by atoms with Crippen molar-refractivity contribution < 1.29 is 4.52 Å². The van der Waals surface area contributed by atoms with Gasteiger partial charge in [-0.15, -0.1) is 10.2 Å². The zero-order valence-electron chi connectivity index (χ0n) is 9.16. The van der Waals surface area contributed by atoms with E-state index in [-0.39, 0.29) is 0 Å². The molecule has 0 aliphatic rings. The van der Waals surface area contributed by atoms with Crippen molar-refractivity contribution in [2.24, 2.45) is 5.73 Å². The van der Waals surface area contributed by atoms with E-state index < -0.39 is 0 Å². The molecule has 86 valence electrons. The van der Waals surface area contributed by atoms with Crippen LogP contribution in [0.1, 0.15) is 11.6 Å². The maximum atomic E-state index is 5.58. The second-order valence-corrected chi connectivity index (χ2v) is 3.61. The number of pyridine rings is 1. The van der Waals surface area contributed by atoms with Gasteiger partial charge in [0, 0.05) is 6.20 Å². The van der Waals surface area contributed by atoms with Crippen molar-refractivity contribution in [3.63, 3.8) is 0 Å². The molecule has 7 nitrogen and oxygen atoms in total. The van der Waals surface area contributed by atoms with Crippen molar-refractivity contribution in [2.75, 3.05) is 0 Å². The third-order valence-electron chi connectivity index (χ3n) is 2.43. The number of aromatic nitrogens is 5. The smallest absolute Gasteiger partial charge is 0.259 e. The molecular weight excluding hydrogens is 220 g/mol. The molecule has 3 heterocycles. The molecule has 17 heavy (non-hydrogen) atoms. The summed E-state index contributed by atoms with van der Waals surface area (Å²) in [4.78, 5) is 4.16. The molecular formula is C10H10N6O. The maximum Gasteiger partial charge on any atom is 0.259 e. The Morgan fingerprint density at radius 2 is 2.24 bits per heavy atom. The lowest BCUT2D eigenvalue weighted by molar-refractivity contribution is 0.425. The number of hydrogen-bond acceptors (Lipinski definition) is 6. The van der Waals surface area contributed by atoms with Gasteiger partial charge in [0.05, 0.1) is 12.1 Å². The summed E-state index contributed by atoms with van der Waals surface area (Å²) in [6.07, 6.45) is 1.84. The molecule has 0 saturated carbocycles. The van der Waals surface area contributed by atoms with Crippen LogP contribution in [0.2, 0.25) is 0 Å². The predicted molar refractivity (Wildman–Crippen MR) is 58.9 cm³/mol. The molecule has 0 bridgehead atoms. The highest BCUT2D eigenvalue weighted by atomic mass is 16.5. The summed E-state index contributed by atoms with van der Waals surface area (Å²) >= 11 is 0. The molecule has 0 fully saturated rings. The third kappa shape index (κ3) is 1.56. The summed E-state index contributed by atoms with van der Waals surface area (Å²) in [7, 11) is 0. The highest BCUT2D eigenvalue weighted by Crippen LogP contribution is 2.18. The van der Waals surface area contributed by atoms with E-state index in [1.165, 1.54) is 0 Å². The van der Waals surface area contributed by atoms with Crippen LogP contribution in [-0.2, 0) is 6.54 Å². The molecule has 0 aliphatic carbocycles. The van der Waals surface area contributed by atoms with E-state index in [0.717, 1.165) is 11.2 Å². The molecule has 0 spiro atoms. The van der Waals surface area contributed by atoms with Gasteiger partial charge in [0.25, 0.3) is 5.89 Å². The molecule has 0 aromatic carbocycles. The van der Waals surface area contributed by atoms with E-state index in [1.54, 1.807) is 6.92 Å². The van der Waals surface area contributed by atoms with Crippen LogP contribution in [0.15, 0.2) is 22.9 Å². The van der Waals surface area contributed by atoms with Crippen molar-refractivity contribution in [1.82, 2.24) is 24.7 Å². The summed E-state index contributed by atoms with van der Waals surface area (Å²) < 4.78 is 6.92. The molecule has 0 unspecified atom stereocenters. The van der Waals surface area contributed by atoms with Crippen molar-refractivity contribution in [2.45, 2.75) is 13.5 Å². The van der Waals surface area contributed by atoms with Gasteiger partial charge in [-0.05, 0) is 19.1 Å². The zero-order chi connectivity index (χ0) is 11.8. The Kier molecular flexibility index (Phi) is 2.12. The lowest BCUT2D eigenvalue weighted by Gasteiger charge is -1.98. The predicted octanol–water partition coefficient (Wildman–Crippen LogP) is 0.546. The quantitative estimate of drug-likeness (QED) is 0.690. The van der Waals surface area contributed by atoms with E-state index in [0.29, 0.717) is 24.1 Å². The van der Waals surface area contributed by atoms with Crippen molar-refractivity contribution in [1.29, 1.82) is 0 Å². The maximum absolute atomic E-state index is 5.58. The molecule has 3 rings (SSSR count). The number of nitrogens with zero attached hydrogens (tertiary/aromatic N) is 5. The average molecular weight is 230 g/mol. The van der Waals surface area contributed by atoms with Crippen LogP contribution in [0.25, 0.3) is 17.1 Å². The molecule has 3 aromatic heterocycles. The van der Waals surface area contributed by atoms with E-state index in [9.17, 15) is 0 Å². The Bertz CT molecular complexity index is 670. The van der Waals surface area contributed by atoms with Crippen LogP contribution >= 0.6 is 0 Å². The number of nitrogens with two attached hydrogens (primary N) is 1. The second kappa shape index (κ2) is 3.63. The Hall–Kier alpha value is -2.28. The fraction of sp³-hybridized carbons (Fsp3) is 0.200. The summed E-state index contributed by atoms with van der Waals surface area (Å²) in [5, 5.41) is 11.7. The Morgan fingerprint density at radius 1 is 1.35 bits per heavy atom. The molecule has 0 aliphatic heterocycles. The number of hydrogen-bond donors (Lipinski definition) is 1. The number of fused-ring (bicyclic) bond motifs is 1. The fourth-order valence-electron chi connectivity index (χ4n) is 1.62. The first-order valence-electron chi connectivity index (χ1n) is 5.12. The normalized spacial score (nSPS) is 11.2. The standard InChI is InChI=1S/C10H10N6O/c1-6-12-10(17-15-6)7-2-3-8-13-14-9(4-11)16(8)5-7/h2-3,5H,4,11H2,1H3. The molecule has 0 atom stereocenters. The van der Waals surface area contributed by atoms with Crippen molar-refractivity contribution in [3.8, 4) is 11.5 Å². The highest BCUT2D eigenvalue weighted by Gasteiger charge is 2.09. The van der Waals surface area contributed by atoms with Crippen LogP contribution in [-0.4, -0.2) is 24.7 Å². The number of rotatable bonds is 2. The molecule has 0 amide bonds. The minimum atomic E-state index is 0.327. The van der Waals surface area contributed by atoms with Crippen molar-refractivity contribution in [3.05, 3.63) is 30.0 Å². The van der Waals surface area contributed by atoms with Gasteiger partial charge in [-0.3, -0.25) is 4.40 Å². The van der Waals surface area contributed by atoms with Gasteiger partial charge in [-0.1, -0.05) is 5.16 Å². The van der Waals surface area contributed by atoms with Gasteiger partial charge in [0.1, 0.15) is 0 Å². The third-order valence-corrected chi connectivity index (χ3v) is 2.43. The second-order valence-electron chi connectivity index (χ2n) is 3.61. The molecule has 7 heteroatoms. The van der Waals surface area contributed by atoms with E-state index >= 15 is 0 Å². The molecule has 0 radical (unpaired) electrons. The Morgan fingerprint density at radius 3 is 2.94 bits per heavy atom. The first kappa shape index (κ1) is 9.91. The van der Waals surface area contributed by atoms with Crippen LogP contribution < -0.4 is 5.73 Å². The fourth-order valence-corrected chi connectivity index (χ4v) is 1.62. The van der Waals surface area contributed by atoms with Crippen molar-refractivity contribution >= 4 is 5.65 Å². The lowest BCUT2D eigenvalue weighted by Crippen LogP contribution is -2.02. The summed E-state index contributed by atoms with van der Waals surface area (Å²) in [5.74, 6) is 1.77. The largest absolute Gasteiger partial charge is 0.334 e. The van der Waals surface area contributed by atoms with Gasteiger partial charge in [0.15, 0.2) is 17.3 Å². The van der Waals surface area contributed by atoms with E-state index in [2.05, 4.69) is 20.3 Å². The summed E-state index contributed by atoms with van der Waals surface area (Å²) in [6.45, 7) is 2.10. The average Bonchev–Trinajstić information content (AvgIpc) is 2.94. The van der Waals surface area contributed by atoms with Crippen LogP contribution in [0, 0.1) is 6.92 Å². The summed E-state index contributed by atoms with van der Waals surface area (Å²) in [6, 6.07) is 3.69. The monoisotopic (exact) mass is 230 g/mol. The van der Waals surface area contributed by atoms with Crippen LogP contribution in [0.3, 0.4) is 0 Å². The van der Waals surface area contributed by atoms with Gasteiger partial charge in [0.2, 0.25) is 0 Å². The molecule has 0 saturated heterocycles. The summed E-state index contributed by atoms with van der Waals surface area (Å²) in [5.41, 5.74) is 7.13. The Balaban J connectivity index is 2.18. The zero-order valence-corrected chi connectivity index (χ0v) is 9.16.